The van der Waals surface area contributed by atoms with Crippen LogP contribution in [0.3, 0.4) is 0 Å². The Morgan fingerprint density at radius 3 is 2.38 bits per heavy atom. The summed E-state index contributed by atoms with van der Waals surface area (Å²) in [5.41, 5.74) is 1.21. The van der Waals surface area contributed by atoms with E-state index in [1.807, 2.05) is 18.2 Å². The van der Waals surface area contributed by atoms with E-state index in [-0.39, 0.29) is 6.04 Å². The number of hydrogen-bond acceptors (Lipinski definition) is 4. The van der Waals surface area contributed by atoms with E-state index >= 15 is 0 Å². The molecule has 3 rings (SSSR count). The van der Waals surface area contributed by atoms with Gasteiger partial charge >= 0.3 is 0 Å². The molecule has 24 heavy (non-hydrogen) atoms. The van der Waals surface area contributed by atoms with Crippen LogP contribution in [0.4, 0.5) is 0 Å². The molecule has 0 unspecified atom stereocenters. The normalized spacial score (nSPS) is 18.9. The first-order valence-electron chi connectivity index (χ1n) is 8.28. The Kier molecular flexibility index (Phi) is 5.28. The number of sulfonamides is 1. The third-order valence-electron chi connectivity index (χ3n) is 4.61. The van der Waals surface area contributed by atoms with E-state index < -0.39 is 10.0 Å². The zero-order valence-corrected chi connectivity index (χ0v) is 14.7. The van der Waals surface area contributed by atoms with Crippen molar-refractivity contribution in [3.8, 4) is 0 Å². The second kappa shape index (κ2) is 7.42. The quantitative estimate of drug-likeness (QED) is 0.854. The Labute approximate surface area is 144 Å². The third kappa shape index (κ3) is 3.66. The van der Waals surface area contributed by atoms with Gasteiger partial charge in [-0.15, -0.1) is 0 Å². The molecule has 0 saturated carbocycles. The van der Waals surface area contributed by atoms with Crippen LogP contribution >= 0.6 is 0 Å². The Bertz CT molecular complexity index is 750. The highest BCUT2D eigenvalue weighted by atomic mass is 32.2. The molecular formula is C18H23N3O2S. The fourth-order valence-electron chi connectivity index (χ4n) is 3.14. The van der Waals surface area contributed by atoms with E-state index in [2.05, 4.69) is 16.8 Å². The number of aromatic nitrogens is 1. The lowest BCUT2D eigenvalue weighted by molar-refractivity contribution is 0.221. The van der Waals surface area contributed by atoms with Gasteiger partial charge < -0.3 is 0 Å². The monoisotopic (exact) mass is 345 g/mol. The summed E-state index contributed by atoms with van der Waals surface area (Å²) < 4.78 is 27.2. The van der Waals surface area contributed by atoms with Crippen LogP contribution in [0.5, 0.6) is 0 Å². The molecule has 0 bridgehead atoms. The standard InChI is InChI=1S/C18H23N3O2S/c1-16(17-8-10-19-11-9-17)20-12-5-13-21(15-14-20)24(22,23)18-6-3-2-4-7-18/h2-4,6-11,16H,5,12-15H2,1H3/t16-/m0/s1. The van der Waals surface area contributed by atoms with Crippen LogP contribution in [0.2, 0.25) is 0 Å². The largest absolute Gasteiger partial charge is 0.295 e. The summed E-state index contributed by atoms with van der Waals surface area (Å²) in [4.78, 5) is 6.78. The number of pyridine rings is 1. The topological polar surface area (TPSA) is 53.5 Å². The molecule has 1 aromatic heterocycles. The summed E-state index contributed by atoms with van der Waals surface area (Å²) in [5.74, 6) is 0. The van der Waals surface area contributed by atoms with Gasteiger partial charge in [0.25, 0.3) is 0 Å². The molecule has 2 aromatic rings. The van der Waals surface area contributed by atoms with Crippen molar-refractivity contribution in [1.82, 2.24) is 14.2 Å². The first kappa shape index (κ1) is 17.1. The average Bonchev–Trinajstić information content (AvgIpc) is 2.89. The lowest BCUT2D eigenvalue weighted by atomic mass is 10.1. The third-order valence-corrected chi connectivity index (χ3v) is 6.52. The molecule has 0 N–H and O–H groups in total. The lowest BCUT2D eigenvalue weighted by Crippen LogP contribution is -2.35. The van der Waals surface area contributed by atoms with E-state index in [4.69, 9.17) is 0 Å². The van der Waals surface area contributed by atoms with Crippen LogP contribution in [0, 0.1) is 0 Å². The zero-order chi connectivity index (χ0) is 17.0. The number of rotatable bonds is 4. The maximum absolute atomic E-state index is 12.8. The SMILES string of the molecule is C[C@@H](c1ccncc1)N1CCCN(S(=O)(=O)c2ccccc2)CC1. The Morgan fingerprint density at radius 2 is 1.67 bits per heavy atom. The van der Waals surface area contributed by atoms with E-state index in [0.717, 1.165) is 19.5 Å². The van der Waals surface area contributed by atoms with Gasteiger partial charge in [0.2, 0.25) is 10.0 Å². The van der Waals surface area contributed by atoms with E-state index in [9.17, 15) is 8.42 Å². The van der Waals surface area contributed by atoms with Gasteiger partial charge in [-0.1, -0.05) is 18.2 Å². The molecular weight excluding hydrogens is 322 g/mol. The lowest BCUT2D eigenvalue weighted by Gasteiger charge is -2.28. The highest BCUT2D eigenvalue weighted by molar-refractivity contribution is 7.89. The second-order valence-corrected chi connectivity index (χ2v) is 8.00. The first-order chi connectivity index (χ1) is 11.6. The Balaban J connectivity index is 1.71. The molecule has 1 fully saturated rings. The van der Waals surface area contributed by atoms with Crippen LogP contribution in [-0.2, 0) is 10.0 Å². The summed E-state index contributed by atoms with van der Waals surface area (Å²) in [6.07, 6.45) is 4.44. The fourth-order valence-corrected chi connectivity index (χ4v) is 4.63. The summed E-state index contributed by atoms with van der Waals surface area (Å²) >= 11 is 0. The minimum absolute atomic E-state index is 0.257. The smallest absolute Gasteiger partial charge is 0.243 e. The van der Waals surface area contributed by atoms with Crippen molar-refractivity contribution >= 4 is 10.0 Å². The van der Waals surface area contributed by atoms with Crippen molar-refractivity contribution in [3.63, 3.8) is 0 Å². The summed E-state index contributed by atoms with van der Waals surface area (Å²) in [5, 5.41) is 0. The average molecular weight is 345 g/mol. The highest BCUT2D eigenvalue weighted by Crippen LogP contribution is 2.23. The van der Waals surface area contributed by atoms with E-state index in [1.165, 1.54) is 5.56 Å². The molecule has 1 saturated heterocycles. The first-order valence-corrected chi connectivity index (χ1v) is 9.72. The summed E-state index contributed by atoms with van der Waals surface area (Å²) in [6, 6.07) is 13.0. The zero-order valence-electron chi connectivity index (χ0n) is 13.9. The minimum Gasteiger partial charge on any atom is -0.295 e. The molecule has 0 radical (unpaired) electrons. The molecule has 1 aromatic carbocycles. The molecule has 0 amide bonds. The molecule has 6 heteroatoms. The van der Waals surface area contributed by atoms with E-state index in [0.29, 0.717) is 18.0 Å². The molecule has 1 atom stereocenters. The van der Waals surface area contributed by atoms with Gasteiger partial charge in [0, 0.05) is 44.6 Å². The summed E-state index contributed by atoms with van der Waals surface area (Å²) in [6.45, 7) is 4.87. The molecule has 2 heterocycles. The van der Waals surface area contributed by atoms with E-state index in [1.54, 1.807) is 41.0 Å². The van der Waals surface area contributed by atoms with Crippen molar-refractivity contribution in [3.05, 3.63) is 60.4 Å². The van der Waals surface area contributed by atoms with Gasteiger partial charge in [-0.05, 0) is 43.2 Å². The maximum Gasteiger partial charge on any atom is 0.243 e. The highest BCUT2D eigenvalue weighted by Gasteiger charge is 2.28. The Hall–Kier alpha value is -1.76. The molecule has 0 spiro atoms. The van der Waals surface area contributed by atoms with Gasteiger partial charge in [0.15, 0.2) is 0 Å². The van der Waals surface area contributed by atoms with Crippen molar-refractivity contribution in [2.24, 2.45) is 0 Å². The Morgan fingerprint density at radius 1 is 0.958 bits per heavy atom. The van der Waals surface area contributed by atoms with Crippen molar-refractivity contribution < 1.29 is 8.42 Å². The predicted octanol–water partition coefficient (Wildman–Crippen LogP) is 2.54. The number of nitrogens with zero attached hydrogens (tertiary/aromatic N) is 3. The molecule has 1 aliphatic heterocycles. The predicted molar refractivity (Wildman–Crippen MR) is 94.0 cm³/mol. The van der Waals surface area contributed by atoms with Gasteiger partial charge in [-0.3, -0.25) is 9.88 Å². The van der Waals surface area contributed by atoms with Gasteiger partial charge in [-0.2, -0.15) is 4.31 Å². The van der Waals surface area contributed by atoms with Gasteiger partial charge in [-0.25, -0.2) is 8.42 Å². The molecule has 128 valence electrons. The van der Waals surface area contributed by atoms with Crippen LogP contribution in [0.1, 0.15) is 24.9 Å². The van der Waals surface area contributed by atoms with Gasteiger partial charge in [0.05, 0.1) is 4.90 Å². The number of hydrogen-bond donors (Lipinski definition) is 0. The van der Waals surface area contributed by atoms with Crippen molar-refractivity contribution in [2.45, 2.75) is 24.3 Å². The van der Waals surface area contributed by atoms with Crippen LogP contribution in [0.25, 0.3) is 0 Å². The minimum atomic E-state index is -3.40. The maximum atomic E-state index is 12.8. The number of benzene rings is 1. The molecule has 5 nitrogen and oxygen atoms in total. The van der Waals surface area contributed by atoms with Crippen molar-refractivity contribution in [2.75, 3.05) is 26.2 Å². The van der Waals surface area contributed by atoms with Crippen LogP contribution in [0.15, 0.2) is 59.8 Å². The summed E-state index contributed by atoms with van der Waals surface area (Å²) in [7, 11) is -3.40. The molecule has 1 aliphatic rings. The fraction of sp³-hybridized carbons (Fsp3) is 0.389. The second-order valence-electron chi connectivity index (χ2n) is 6.06. The van der Waals surface area contributed by atoms with Crippen LogP contribution in [-0.4, -0.2) is 48.8 Å². The van der Waals surface area contributed by atoms with Gasteiger partial charge in [0.1, 0.15) is 0 Å². The van der Waals surface area contributed by atoms with Crippen LogP contribution < -0.4 is 0 Å². The molecule has 0 aliphatic carbocycles. The van der Waals surface area contributed by atoms with Crippen molar-refractivity contribution in [1.29, 1.82) is 0 Å².